The highest BCUT2D eigenvalue weighted by atomic mass is 16.5. The van der Waals surface area contributed by atoms with Crippen molar-refractivity contribution in [1.29, 1.82) is 0 Å². The maximum absolute atomic E-state index is 11.7. The smallest absolute Gasteiger partial charge is 0.327 e. The fraction of sp³-hybridized carbons (Fsp3) is 0.312. The second kappa shape index (κ2) is 8.57. The van der Waals surface area contributed by atoms with Crippen LogP contribution in [0.1, 0.15) is 25.0 Å². The zero-order chi connectivity index (χ0) is 17.4. The quantitative estimate of drug-likeness (QED) is 0.432. The van der Waals surface area contributed by atoms with Gasteiger partial charge in [0.2, 0.25) is 0 Å². The van der Waals surface area contributed by atoms with Gasteiger partial charge < -0.3 is 10.1 Å². The van der Waals surface area contributed by atoms with Crippen LogP contribution in [-0.2, 0) is 14.4 Å². The molecule has 0 unspecified atom stereocenters. The largest absolute Gasteiger partial charge is 0.496 e. The van der Waals surface area contributed by atoms with Crippen LogP contribution in [0.15, 0.2) is 24.3 Å². The van der Waals surface area contributed by atoms with Crippen LogP contribution in [0.4, 0.5) is 0 Å². The number of hydrogen-bond acceptors (Lipinski definition) is 4. The first kappa shape index (κ1) is 18.2. The molecule has 3 amide bonds. The predicted molar refractivity (Wildman–Crippen MR) is 86.3 cm³/mol. The Hall–Kier alpha value is -2.83. The van der Waals surface area contributed by atoms with Gasteiger partial charge in [-0.05, 0) is 39.0 Å². The van der Waals surface area contributed by atoms with E-state index < -0.39 is 17.7 Å². The molecule has 0 fully saturated rings. The van der Waals surface area contributed by atoms with Gasteiger partial charge in [-0.2, -0.15) is 0 Å². The summed E-state index contributed by atoms with van der Waals surface area (Å²) in [6, 6.07) is 5.38. The second-order valence-corrected chi connectivity index (χ2v) is 5.15. The zero-order valence-corrected chi connectivity index (χ0v) is 13.6. The minimum atomic E-state index is -0.936. The molecule has 0 aliphatic carbocycles. The van der Waals surface area contributed by atoms with Crippen LogP contribution in [0.3, 0.4) is 0 Å². The van der Waals surface area contributed by atoms with Crippen molar-refractivity contribution >= 4 is 23.8 Å². The fourth-order valence-electron chi connectivity index (χ4n) is 1.69. The van der Waals surface area contributed by atoms with Crippen molar-refractivity contribution < 1.29 is 19.1 Å². The summed E-state index contributed by atoms with van der Waals surface area (Å²) in [4.78, 5) is 34.4. The number of carbonyl (C=O) groups excluding carboxylic acids is 3. The Kier molecular flexibility index (Phi) is 6.79. The average Bonchev–Trinajstić information content (AvgIpc) is 2.49. The molecule has 0 aromatic heterocycles. The number of hydrogen-bond donors (Lipinski definition) is 3. The van der Waals surface area contributed by atoms with Gasteiger partial charge in [-0.15, -0.1) is 0 Å². The van der Waals surface area contributed by atoms with Gasteiger partial charge in [-0.3, -0.25) is 25.2 Å². The molecule has 3 N–H and O–H groups in total. The number of methoxy groups -OCH3 is 1. The Morgan fingerprint density at radius 2 is 1.83 bits per heavy atom. The summed E-state index contributed by atoms with van der Waals surface area (Å²) < 4.78 is 5.19. The van der Waals surface area contributed by atoms with Gasteiger partial charge in [-0.25, -0.2) is 0 Å². The van der Waals surface area contributed by atoms with Gasteiger partial charge in [-0.1, -0.05) is 11.6 Å². The molecule has 0 spiro atoms. The summed E-state index contributed by atoms with van der Waals surface area (Å²) in [6.07, 6.45) is 2.79. The molecule has 1 aromatic rings. The molecule has 0 heterocycles. The maximum Gasteiger partial charge on any atom is 0.327 e. The van der Waals surface area contributed by atoms with Crippen molar-refractivity contribution in [3.05, 3.63) is 35.4 Å². The summed E-state index contributed by atoms with van der Waals surface area (Å²) in [5.74, 6) is -1.70. The summed E-state index contributed by atoms with van der Waals surface area (Å²) in [7, 11) is 1.54. The van der Waals surface area contributed by atoms with Gasteiger partial charge in [0.15, 0.2) is 0 Å². The molecule has 0 saturated heterocycles. The number of nitrogens with one attached hydrogen (secondary N) is 3. The first-order valence-corrected chi connectivity index (χ1v) is 7.07. The van der Waals surface area contributed by atoms with Crippen LogP contribution in [0.5, 0.6) is 5.75 Å². The number of amides is 3. The molecular formula is C16H21N3O4. The molecule has 0 aliphatic heterocycles. The lowest BCUT2D eigenvalue weighted by atomic mass is 10.1. The first-order chi connectivity index (χ1) is 10.8. The van der Waals surface area contributed by atoms with Crippen molar-refractivity contribution in [2.24, 2.45) is 0 Å². The van der Waals surface area contributed by atoms with Crippen molar-refractivity contribution in [3.63, 3.8) is 0 Å². The number of aryl methyl sites for hydroxylation is 1. The van der Waals surface area contributed by atoms with E-state index in [9.17, 15) is 14.4 Å². The molecule has 23 heavy (non-hydrogen) atoms. The molecule has 0 atom stereocenters. The van der Waals surface area contributed by atoms with Gasteiger partial charge in [0.1, 0.15) is 5.75 Å². The fourth-order valence-corrected chi connectivity index (χ4v) is 1.69. The maximum atomic E-state index is 11.7. The Balaban J connectivity index is 2.58. The molecule has 7 nitrogen and oxygen atoms in total. The molecule has 124 valence electrons. The van der Waals surface area contributed by atoms with Crippen molar-refractivity contribution in [2.75, 3.05) is 7.11 Å². The number of carbonyl (C=O) groups is 3. The van der Waals surface area contributed by atoms with Crippen LogP contribution >= 0.6 is 0 Å². The third-order valence-corrected chi connectivity index (χ3v) is 2.72. The van der Waals surface area contributed by atoms with Crippen molar-refractivity contribution in [1.82, 2.24) is 16.2 Å². The van der Waals surface area contributed by atoms with E-state index in [2.05, 4.69) is 10.7 Å². The van der Waals surface area contributed by atoms with Gasteiger partial charge >= 0.3 is 11.8 Å². The molecule has 0 radical (unpaired) electrons. The van der Waals surface area contributed by atoms with Gasteiger partial charge in [0.05, 0.1) is 7.11 Å². The summed E-state index contributed by atoms with van der Waals surface area (Å²) in [5, 5.41) is 2.41. The zero-order valence-electron chi connectivity index (χ0n) is 13.6. The van der Waals surface area contributed by atoms with Crippen LogP contribution in [0.25, 0.3) is 6.08 Å². The normalized spacial score (nSPS) is 10.5. The van der Waals surface area contributed by atoms with E-state index in [1.54, 1.807) is 26.0 Å². The van der Waals surface area contributed by atoms with Crippen LogP contribution < -0.4 is 20.9 Å². The van der Waals surface area contributed by atoms with Gasteiger partial charge in [0, 0.05) is 17.7 Å². The van der Waals surface area contributed by atoms with Crippen molar-refractivity contribution in [2.45, 2.75) is 26.8 Å². The first-order valence-electron chi connectivity index (χ1n) is 7.07. The monoisotopic (exact) mass is 319 g/mol. The topological polar surface area (TPSA) is 96.5 Å². The highest BCUT2D eigenvalue weighted by Crippen LogP contribution is 2.20. The third kappa shape index (κ3) is 6.21. The highest BCUT2D eigenvalue weighted by Gasteiger charge is 2.14. The molecule has 1 aromatic carbocycles. The van der Waals surface area contributed by atoms with E-state index in [4.69, 9.17) is 4.74 Å². The van der Waals surface area contributed by atoms with E-state index in [0.29, 0.717) is 5.75 Å². The number of rotatable bonds is 4. The average molecular weight is 319 g/mol. The Morgan fingerprint density at radius 3 is 2.43 bits per heavy atom. The highest BCUT2D eigenvalue weighted by molar-refractivity contribution is 6.35. The Morgan fingerprint density at radius 1 is 1.13 bits per heavy atom. The van der Waals surface area contributed by atoms with Crippen LogP contribution in [0, 0.1) is 6.92 Å². The number of benzene rings is 1. The minimum absolute atomic E-state index is 0.169. The summed E-state index contributed by atoms with van der Waals surface area (Å²) >= 11 is 0. The molecular weight excluding hydrogens is 298 g/mol. The third-order valence-electron chi connectivity index (χ3n) is 2.72. The molecule has 1 rings (SSSR count). The predicted octanol–water partition coefficient (Wildman–Crippen LogP) is 0.689. The lowest BCUT2D eigenvalue weighted by molar-refractivity contribution is -0.140. The van der Waals surface area contributed by atoms with Crippen molar-refractivity contribution in [3.8, 4) is 5.75 Å². The SMILES string of the molecule is COc1ccc(C)cc1/C=C/C(=O)NNC(=O)C(=O)NC(C)C. The minimum Gasteiger partial charge on any atom is -0.496 e. The van der Waals surface area contributed by atoms with E-state index in [1.807, 2.05) is 24.5 Å². The molecule has 0 aliphatic rings. The lowest BCUT2D eigenvalue weighted by Gasteiger charge is -2.08. The van der Waals surface area contributed by atoms with Gasteiger partial charge in [0.25, 0.3) is 5.91 Å². The molecule has 7 heteroatoms. The molecule has 0 saturated carbocycles. The lowest BCUT2D eigenvalue weighted by Crippen LogP contribution is -2.49. The Bertz CT molecular complexity index is 624. The van der Waals surface area contributed by atoms with E-state index in [1.165, 1.54) is 13.2 Å². The number of hydrazine groups is 1. The molecule has 0 bridgehead atoms. The standard InChI is InChI=1S/C16H21N3O4/c1-10(2)17-15(21)16(22)19-18-14(20)8-6-12-9-11(3)5-7-13(12)23-4/h5-10H,1-4H3,(H,17,21)(H,18,20)(H,19,22)/b8-6+. The summed E-state index contributed by atoms with van der Waals surface area (Å²) in [6.45, 7) is 5.37. The van der Waals surface area contributed by atoms with E-state index >= 15 is 0 Å². The Labute approximate surface area is 135 Å². The van der Waals surface area contributed by atoms with Crippen LogP contribution in [0.2, 0.25) is 0 Å². The second-order valence-electron chi connectivity index (χ2n) is 5.15. The van der Waals surface area contributed by atoms with E-state index in [-0.39, 0.29) is 6.04 Å². The number of ether oxygens (including phenoxy) is 1. The van der Waals surface area contributed by atoms with Crippen LogP contribution in [-0.4, -0.2) is 30.9 Å². The van der Waals surface area contributed by atoms with E-state index in [0.717, 1.165) is 11.1 Å². The summed E-state index contributed by atoms with van der Waals surface area (Å²) in [5.41, 5.74) is 5.91.